The second-order valence-corrected chi connectivity index (χ2v) is 10.2. The van der Waals surface area contributed by atoms with E-state index in [0.717, 1.165) is 55.9 Å². The Morgan fingerprint density at radius 2 is 1.78 bits per heavy atom. The average Bonchev–Trinajstić information content (AvgIpc) is 3.33. The molecule has 200 valence electrons. The number of nitro groups is 1. The summed E-state index contributed by atoms with van der Waals surface area (Å²) < 4.78 is 39.7. The van der Waals surface area contributed by atoms with Gasteiger partial charge in [-0.15, -0.1) is 0 Å². The summed E-state index contributed by atoms with van der Waals surface area (Å²) in [7, 11) is 0. The van der Waals surface area contributed by atoms with Gasteiger partial charge in [0.1, 0.15) is 5.56 Å². The van der Waals surface area contributed by atoms with Crippen LogP contribution in [0.25, 0.3) is 0 Å². The molecule has 2 aliphatic rings. The van der Waals surface area contributed by atoms with Crippen molar-refractivity contribution in [3.05, 3.63) is 63.2 Å². The van der Waals surface area contributed by atoms with Crippen molar-refractivity contribution in [2.24, 2.45) is 5.92 Å². The molecule has 2 heterocycles. The van der Waals surface area contributed by atoms with Gasteiger partial charge in [-0.25, -0.2) is 0 Å². The first-order chi connectivity index (χ1) is 17.6. The van der Waals surface area contributed by atoms with Crippen LogP contribution in [0.1, 0.15) is 44.1 Å². The lowest BCUT2D eigenvalue weighted by Crippen LogP contribution is -2.34. The number of amides is 1. The van der Waals surface area contributed by atoms with Crippen molar-refractivity contribution in [3.63, 3.8) is 0 Å². The second kappa shape index (κ2) is 11.6. The standard InChI is InChI=1S/C26H30ClF3N4O3/c27-19-4-7-22(8-5-19)32-13-10-18(11-14-32)2-1-3-25(35)33-15-12-21(17-33)31-20-6-9-24(34(36)37)23(16-20)26(28,29)30/h4-9,16,18,21,31H,1-3,10-15,17H2/t21-/m1/s1. The number of likely N-dealkylation sites (tertiary alicyclic amines) is 1. The van der Waals surface area contributed by atoms with E-state index in [1.165, 1.54) is 11.8 Å². The third-order valence-electron chi connectivity index (χ3n) is 7.22. The highest BCUT2D eigenvalue weighted by Gasteiger charge is 2.38. The van der Waals surface area contributed by atoms with Gasteiger partial charge in [0.05, 0.1) is 4.92 Å². The van der Waals surface area contributed by atoms with Crippen LogP contribution in [0.15, 0.2) is 42.5 Å². The van der Waals surface area contributed by atoms with E-state index in [0.29, 0.717) is 31.8 Å². The Bertz CT molecular complexity index is 1110. The van der Waals surface area contributed by atoms with Crippen molar-refractivity contribution < 1.29 is 22.9 Å². The first-order valence-corrected chi connectivity index (χ1v) is 12.9. The Labute approximate surface area is 218 Å². The molecule has 11 heteroatoms. The number of halogens is 4. The van der Waals surface area contributed by atoms with Gasteiger partial charge in [0.15, 0.2) is 0 Å². The SMILES string of the molecule is O=C(CCCC1CCN(c2ccc(Cl)cc2)CC1)N1CC[C@@H](Nc2ccc([N+](=O)[O-])c(C(F)(F)F)c2)C1. The van der Waals surface area contributed by atoms with Crippen LogP contribution >= 0.6 is 11.6 Å². The third kappa shape index (κ3) is 7.06. The summed E-state index contributed by atoms with van der Waals surface area (Å²) >= 11 is 5.97. The number of rotatable bonds is 8. The fourth-order valence-electron chi connectivity index (χ4n) is 5.18. The molecule has 0 radical (unpaired) electrons. The number of piperidine rings is 1. The highest BCUT2D eigenvalue weighted by atomic mass is 35.5. The van der Waals surface area contributed by atoms with E-state index in [2.05, 4.69) is 10.2 Å². The molecule has 1 N–H and O–H groups in total. The molecular weight excluding hydrogens is 509 g/mol. The van der Waals surface area contributed by atoms with Crippen LogP contribution in [-0.4, -0.2) is 48.0 Å². The molecule has 1 atom stereocenters. The molecule has 37 heavy (non-hydrogen) atoms. The Balaban J connectivity index is 1.19. The predicted octanol–water partition coefficient (Wildman–Crippen LogP) is 6.37. The van der Waals surface area contributed by atoms with Gasteiger partial charge in [0, 0.05) is 61.1 Å². The van der Waals surface area contributed by atoms with Gasteiger partial charge in [-0.2, -0.15) is 13.2 Å². The van der Waals surface area contributed by atoms with Crippen molar-refractivity contribution in [2.75, 3.05) is 36.4 Å². The quantitative estimate of drug-likeness (QED) is 0.312. The number of hydrogen-bond donors (Lipinski definition) is 1. The van der Waals surface area contributed by atoms with E-state index in [4.69, 9.17) is 11.6 Å². The Hall–Kier alpha value is -3.01. The Kier molecular flexibility index (Phi) is 8.46. The molecule has 4 rings (SSSR count). The van der Waals surface area contributed by atoms with Crippen LogP contribution in [0.5, 0.6) is 0 Å². The smallest absolute Gasteiger partial charge is 0.380 e. The maximum atomic E-state index is 13.2. The lowest BCUT2D eigenvalue weighted by atomic mass is 9.91. The number of nitrogens with zero attached hydrogens (tertiary/aromatic N) is 3. The van der Waals surface area contributed by atoms with Gasteiger partial charge in [0.25, 0.3) is 5.69 Å². The average molecular weight is 539 g/mol. The first kappa shape index (κ1) is 27.0. The number of carbonyl (C=O) groups excluding carboxylic acids is 1. The van der Waals surface area contributed by atoms with Crippen molar-refractivity contribution in [3.8, 4) is 0 Å². The number of benzene rings is 2. The molecule has 0 spiro atoms. The fraction of sp³-hybridized carbons (Fsp3) is 0.500. The minimum atomic E-state index is -4.83. The van der Waals surface area contributed by atoms with E-state index in [-0.39, 0.29) is 17.6 Å². The van der Waals surface area contributed by atoms with Gasteiger partial charge in [-0.05, 0) is 74.4 Å². The Morgan fingerprint density at radius 1 is 1.08 bits per heavy atom. The molecule has 0 aliphatic carbocycles. The van der Waals surface area contributed by atoms with Crippen molar-refractivity contribution >= 4 is 34.6 Å². The molecule has 2 aliphatic heterocycles. The number of alkyl halides is 3. The summed E-state index contributed by atoms with van der Waals surface area (Å²) in [4.78, 5) is 26.7. The van der Waals surface area contributed by atoms with Gasteiger partial charge < -0.3 is 15.1 Å². The summed E-state index contributed by atoms with van der Waals surface area (Å²) in [6.45, 7) is 2.91. The van der Waals surface area contributed by atoms with Gasteiger partial charge >= 0.3 is 6.18 Å². The van der Waals surface area contributed by atoms with Crippen molar-refractivity contribution in [1.82, 2.24) is 4.90 Å². The highest BCUT2D eigenvalue weighted by molar-refractivity contribution is 6.30. The molecule has 2 aromatic rings. The minimum absolute atomic E-state index is 0.0579. The van der Waals surface area contributed by atoms with Crippen LogP contribution in [0.4, 0.5) is 30.2 Å². The summed E-state index contributed by atoms with van der Waals surface area (Å²) in [5.74, 6) is 0.650. The topological polar surface area (TPSA) is 78.7 Å². The molecule has 2 aromatic carbocycles. The zero-order valence-corrected chi connectivity index (χ0v) is 21.1. The van der Waals surface area contributed by atoms with E-state index in [1.54, 1.807) is 4.90 Å². The van der Waals surface area contributed by atoms with E-state index in [1.807, 2.05) is 24.3 Å². The van der Waals surface area contributed by atoms with Crippen LogP contribution in [-0.2, 0) is 11.0 Å². The molecule has 0 saturated carbocycles. The lowest BCUT2D eigenvalue weighted by molar-refractivity contribution is -0.388. The minimum Gasteiger partial charge on any atom is -0.380 e. The highest BCUT2D eigenvalue weighted by Crippen LogP contribution is 2.38. The molecule has 0 aromatic heterocycles. The molecule has 0 bridgehead atoms. The summed E-state index contributed by atoms with van der Waals surface area (Å²) in [5, 5.41) is 14.7. The molecule has 0 unspecified atom stereocenters. The van der Waals surface area contributed by atoms with E-state index in [9.17, 15) is 28.1 Å². The summed E-state index contributed by atoms with van der Waals surface area (Å²) in [5.41, 5.74) is -0.926. The monoisotopic (exact) mass is 538 g/mol. The Morgan fingerprint density at radius 3 is 2.43 bits per heavy atom. The molecule has 1 amide bonds. The van der Waals surface area contributed by atoms with Gasteiger partial charge in [-0.1, -0.05) is 11.6 Å². The largest absolute Gasteiger partial charge is 0.423 e. The molecule has 7 nitrogen and oxygen atoms in total. The van der Waals surface area contributed by atoms with Gasteiger partial charge in [0.2, 0.25) is 5.91 Å². The van der Waals surface area contributed by atoms with Crippen molar-refractivity contribution in [1.29, 1.82) is 0 Å². The number of carbonyl (C=O) groups is 1. The van der Waals surface area contributed by atoms with Crippen LogP contribution in [0.3, 0.4) is 0 Å². The normalized spacial score (nSPS) is 18.8. The predicted molar refractivity (Wildman–Crippen MR) is 137 cm³/mol. The summed E-state index contributed by atoms with van der Waals surface area (Å²) in [6, 6.07) is 10.6. The molecule has 2 saturated heterocycles. The second-order valence-electron chi connectivity index (χ2n) is 9.76. The zero-order chi connectivity index (χ0) is 26.6. The lowest BCUT2D eigenvalue weighted by Gasteiger charge is -2.33. The number of hydrogen-bond acceptors (Lipinski definition) is 5. The maximum Gasteiger partial charge on any atom is 0.423 e. The molecule has 2 fully saturated rings. The fourth-order valence-corrected chi connectivity index (χ4v) is 5.31. The number of nitrogens with one attached hydrogen (secondary N) is 1. The van der Waals surface area contributed by atoms with E-state index >= 15 is 0 Å². The van der Waals surface area contributed by atoms with Crippen LogP contribution in [0, 0.1) is 16.0 Å². The van der Waals surface area contributed by atoms with Crippen LogP contribution in [0.2, 0.25) is 5.02 Å². The number of anilines is 2. The summed E-state index contributed by atoms with van der Waals surface area (Å²) in [6.07, 6.45) is 0.218. The zero-order valence-electron chi connectivity index (χ0n) is 20.3. The maximum absolute atomic E-state index is 13.2. The first-order valence-electron chi connectivity index (χ1n) is 12.5. The van der Waals surface area contributed by atoms with Crippen LogP contribution < -0.4 is 10.2 Å². The van der Waals surface area contributed by atoms with Gasteiger partial charge in [-0.3, -0.25) is 14.9 Å². The van der Waals surface area contributed by atoms with E-state index < -0.39 is 22.4 Å². The number of nitro benzene ring substituents is 1. The third-order valence-corrected chi connectivity index (χ3v) is 7.47. The van der Waals surface area contributed by atoms with Crippen molar-refractivity contribution in [2.45, 2.75) is 50.7 Å². The molecular formula is C26H30ClF3N4O3.